The molecule has 2 rings (SSSR count). The molecular formula is C11H15NO. The van der Waals surface area contributed by atoms with Crippen LogP contribution >= 0.6 is 0 Å². The first kappa shape index (κ1) is 8.70. The van der Waals surface area contributed by atoms with Crippen molar-refractivity contribution in [1.82, 2.24) is 4.98 Å². The van der Waals surface area contributed by atoms with E-state index in [2.05, 4.69) is 11.1 Å². The molecular weight excluding hydrogens is 162 g/mol. The maximum atomic E-state index is 9.58. The molecule has 0 saturated heterocycles. The second kappa shape index (κ2) is 3.46. The van der Waals surface area contributed by atoms with E-state index in [4.69, 9.17) is 0 Å². The molecule has 2 unspecified atom stereocenters. The third-order valence-electron chi connectivity index (χ3n) is 2.82. The van der Waals surface area contributed by atoms with Gasteiger partial charge in [-0.15, -0.1) is 0 Å². The van der Waals surface area contributed by atoms with Crippen LogP contribution in [-0.2, 0) is 6.42 Å². The summed E-state index contributed by atoms with van der Waals surface area (Å²) in [6.45, 7) is 1.86. The molecule has 1 heterocycles. The maximum absolute atomic E-state index is 9.58. The van der Waals surface area contributed by atoms with E-state index in [1.54, 1.807) is 0 Å². The fourth-order valence-corrected chi connectivity index (χ4v) is 2.11. The van der Waals surface area contributed by atoms with Gasteiger partial charge < -0.3 is 5.11 Å². The summed E-state index contributed by atoms with van der Waals surface area (Å²) in [5, 5.41) is 9.58. The molecule has 0 amide bonds. The Morgan fingerprint density at radius 1 is 1.62 bits per heavy atom. The molecule has 0 saturated carbocycles. The van der Waals surface area contributed by atoms with Crippen LogP contribution in [0, 0.1) is 0 Å². The number of hydrogen-bond acceptors (Lipinski definition) is 2. The van der Waals surface area contributed by atoms with Crippen LogP contribution in [0.15, 0.2) is 18.3 Å². The highest BCUT2D eigenvalue weighted by atomic mass is 16.3. The van der Waals surface area contributed by atoms with Crippen LogP contribution in [0.25, 0.3) is 0 Å². The Morgan fingerprint density at radius 3 is 3.23 bits per heavy atom. The first-order valence-corrected chi connectivity index (χ1v) is 4.91. The molecule has 1 aromatic heterocycles. The topological polar surface area (TPSA) is 33.1 Å². The number of fused-ring (bicyclic) bond motifs is 1. The minimum atomic E-state index is -0.269. The SMILES string of the molecule is CC(O)C1CCCc2cccnc21. The lowest BCUT2D eigenvalue weighted by atomic mass is 9.84. The summed E-state index contributed by atoms with van der Waals surface area (Å²) in [6.07, 6.45) is 4.91. The van der Waals surface area contributed by atoms with Gasteiger partial charge in [0, 0.05) is 17.8 Å². The van der Waals surface area contributed by atoms with E-state index in [9.17, 15) is 5.11 Å². The average Bonchev–Trinajstić information content (AvgIpc) is 2.17. The molecule has 2 nitrogen and oxygen atoms in total. The van der Waals surface area contributed by atoms with Crippen molar-refractivity contribution in [3.63, 3.8) is 0 Å². The predicted octanol–water partition coefficient (Wildman–Crippen LogP) is 1.88. The molecule has 1 aliphatic carbocycles. The molecule has 70 valence electrons. The van der Waals surface area contributed by atoms with Crippen LogP contribution in [0.3, 0.4) is 0 Å². The predicted molar refractivity (Wildman–Crippen MR) is 51.6 cm³/mol. The van der Waals surface area contributed by atoms with Crippen molar-refractivity contribution in [3.8, 4) is 0 Å². The van der Waals surface area contributed by atoms with Gasteiger partial charge >= 0.3 is 0 Å². The zero-order valence-electron chi connectivity index (χ0n) is 7.90. The van der Waals surface area contributed by atoms with Crippen molar-refractivity contribution >= 4 is 0 Å². The van der Waals surface area contributed by atoms with Crippen LogP contribution in [0.4, 0.5) is 0 Å². The van der Waals surface area contributed by atoms with Crippen molar-refractivity contribution in [2.75, 3.05) is 0 Å². The number of rotatable bonds is 1. The minimum Gasteiger partial charge on any atom is -0.393 e. The molecule has 0 radical (unpaired) electrons. The van der Waals surface area contributed by atoms with Gasteiger partial charge in [-0.1, -0.05) is 6.07 Å². The molecule has 13 heavy (non-hydrogen) atoms. The molecule has 0 bridgehead atoms. The van der Waals surface area contributed by atoms with Gasteiger partial charge in [0.1, 0.15) is 0 Å². The molecule has 1 aromatic rings. The van der Waals surface area contributed by atoms with Crippen molar-refractivity contribution in [3.05, 3.63) is 29.6 Å². The summed E-state index contributed by atoms with van der Waals surface area (Å²) in [4.78, 5) is 4.36. The molecule has 1 aliphatic rings. The standard InChI is InChI=1S/C11H15NO/c1-8(13)10-6-2-4-9-5-3-7-12-11(9)10/h3,5,7-8,10,13H,2,4,6H2,1H3. The molecule has 2 heteroatoms. The monoisotopic (exact) mass is 177 g/mol. The summed E-state index contributed by atoms with van der Waals surface area (Å²) >= 11 is 0. The van der Waals surface area contributed by atoms with Crippen molar-refractivity contribution in [1.29, 1.82) is 0 Å². The summed E-state index contributed by atoms with van der Waals surface area (Å²) in [5.41, 5.74) is 2.43. The zero-order valence-corrected chi connectivity index (χ0v) is 7.90. The number of hydrogen-bond donors (Lipinski definition) is 1. The lowest BCUT2D eigenvalue weighted by Gasteiger charge is -2.26. The van der Waals surface area contributed by atoms with E-state index in [1.165, 1.54) is 12.0 Å². The van der Waals surface area contributed by atoms with Gasteiger partial charge in [-0.2, -0.15) is 0 Å². The van der Waals surface area contributed by atoms with Gasteiger partial charge in [0.15, 0.2) is 0 Å². The number of aromatic nitrogens is 1. The number of aliphatic hydroxyl groups excluding tert-OH is 1. The van der Waals surface area contributed by atoms with Gasteiger partial charge in [0.2, 0.25) is 0 Å². The van der Waals surface area contributed by atoms with Gasteiger partial charge in [-0.25, -0.2) is 0 Å². The number of aliphatic hydroxyl groups is 1. The van der Waals surface area contributed by atoms with Gasteiger partial charge in [-0.05, 0) is 37.8 Å². The first-order valence-electron chi connectivity index (χ1n) is 4.91. The zero-order chi connectivity index (χ0) is 9.26. The van der Waals surface area contributed by atoms with E-state index >= 15 is 0 Å². The van der Waals surface area contributed by atoms with E-state index < -0.39 is 0 Å². The van der Waals surface area contributed by atoms with E-state index in [0.717, 1.165) is 18.5 Å². The summed E-state index contributed by atoms with van der Waals surface area (Å²) in [7, 11) is 0. The second-order valence-corrected chi connectivity index (χ2v) is 3.79. The number of aryl methyl sites for hydroxylation is 1. The Kier molecular flexibility index (Phi) is 2.32. The molecule has 0 aromatic carbocycles. The first-order chi connectivity index (χ1) is 6.29. The van der Waals surface area contributed by atoms with Crippen LogP contribution in [0.2, 0.25) is 0 Å². The fourth-order valence-electron chi connectivity index (χ4n) is 2.11. The molecule has 0 spiro atoms. The van der Waals surface area contributed by atoms with Crippen LogP contribution < -0.4 is 0 Å². The van der Waals surface area contributed by atoms with Crippen molar-refractivity contribution < 1.29 is 5.11 Å². The van der Waals surface area contributed by atoms with E-state index in [0.29, 0.717) is 0 Å². The lowest BCUT2D eigenvalue weighted by molar-refractivity contribution is 0.151. The van der Waals surface area contributed by atoms with E-state index in [-0.39, 0.29) is 12.0 Å². The Hall–Kier alpha value is -0.890. The van der Waals surface area contributed by atoms with Gasteiger partial charge in [0.25, 0.3) is 0 Å². The summed E-state index contributed by atoms with van der Waals surface area (Å²) in [6, 6.07) is 4.10. The Balaban J connectivity index is 2.37. The molecule has 2 atom stereocenters. The highest BCUT2D eigenvalue weighted by Crippen LogP contribution is 2.31. The largest absolute Gasteiger partial charge is 0.393 e. The highest BCUT2D eigenvalue weighted by Gasteiger charge is 2.24. The molecule has 1 N–H and O–H groups in total. The molecule has 0 fully saturated rings. The van der Waals surface area contributed by atoms with Gasteiger partial charge in [0.05, 0.1) is 6.10 Å². The van der Waals surface area contributed by atoms with Crippen LogP contribution in [0.5, 0.6) is 0 Å². The lowest BCUT2D eigenvalue weighted by Crippen LogP contribution is -2.21. The Bertz CT molecular complexity index is 296. The quantitative estimate of drug-likeness (QED) is 0.710. The Labute approximate surface area is 78.6 Å². The Morgan fingerprint density at radius 2 is 2.46 bits per heavy atom. The number of nitrogens with zero attached hydrogens (tertiary/aromatic N) is 1. The highest BCUT2D eigenvalue weighted by molar-refractivity contribution is 5.26. The summed E-state index contributed by atoms with van der Waals surface area (Å²) < 4.78 is 0. The number of pyridine rings is 1. The molecule has 0 aliphatic heterocycles. The minimum absolute atomic E-state index is 0.255. The van der Waals surface area contributed by atoms with Crippen molar-refractivity contribution in [2.45, 2.75) is 38.2 Å². The van der Waals surface area contributed by atoms with Crippen LogP contribution in [-0.4, -0.2) is 16.2 Å². The average molecular weight is 177 g/mol. The normalized spacial score (nSPS) is 23.7. The maximum Gasteiger partial charge on any atom is 0.0595 e. The van der Waals surface area contributed by atoms with E-state index in [1.807, 2.05) is 19.2 Å². The van der Waals surface area contributed by atoms with Gasteiger partial charge in [-0.3, -0.25) is 4.98 Å². The summed E-state index contributed by atoms with van der Waals surface area (Å²) in [5.74, 6) is 0.255. The third kappa shape index (κ3) is 1.59. The smallest absolute Gasteiger partial charge is 0.0595 e. The van der Waals surface area contributed by atoms with Crippen molar-refractivity contribution in [2.24, 2.45) is 0 Å². The van der Waals surface area contributed by atoms with Crippen LogP contribution in [0.1, 0.15) is 36.9 Å². The second-order valence-electron chi connectivity index (χ2n) is 3.79. The fraction of sp³-hybridized carbons (Fsp3) is 0.545. The third-order valence-corrected chi connectivity index (χ3v) is 2.82.